The van der Waals surface area contributed by atoms with Gasteiger partial charge in [-0.15, -0.1) is 0 Å². The Labute approximate surface area is 98.4 Å². The van der Waals surface area contributed by atoms with Crippen molar-refractivity contribution in [1.29, 1.82) is 0 Å². The van der Waals surface area contributed by atoms with Crippen LogP contribution >= 0.6 is 0 Å². The second-order valence-corrected chi connectivity index (χ2v) is 3.22. The van der Waals surface area contributed by atoms with Crippen LogP contribution in [0.4, 0.5) is 0 Å². The first-order valence-electron chi connectivity index (χ1n) is 4.84. The van der Waals surface area contributed by atoms with Crippen molar-refractivity contribution < 1.29 is 9.53 Å². The van der Waals surface area contributed by atoms with Crippen LogP contribution in [-0.2, 0) is 9.53 Å². The van der Waals surface area contributed by atoms with Gasteiger partial charge in [0.15, 0.2) is 0 Å². The zero-order valence-electron chi connectivity index (χ0n) is 9.14. The molecule has 2 nitrogen and oxygen atoms in total. The fourth-order valence-electron chi connectivity index (χ4n) is 1.13. The zero-order valence-corrected chi connectivity index (χ0v) is 13.2. The van der Waals surface area contributed by atoms with E-state index in [9.17, 15) is 4.79 Å². The van der Waals surface area contributed by atoms with Gasteiger partial charge in [-0.3, -0.25) is 4.79 Å². The second-order valence-electron chi connectivity index (χ2n) is 3.22. The summed E-state index contributed by atoms with van der Waals surface area (Å²) < 4.78 is 4.95. The van der Waals surface area contributed by atoms with Crippen LogP contribution in [0.15, 0.2) is 0 Å². The number of unbranched alkanes of at least 4 members (excludes halogenated alkanes) is 1. The molecule has 0 aliphatic heterocycles. The van der Waals surface area contributed by atoms with E-state index >= 15 is 0 Å². The van der Waals surface area contributed by atoms with Gasteiger partial charge >= 0.3 is 29.9 Å². The van der Waals surface area contributed by atoms with E-state index < -0.39 is 0 Å². The standard InChI is InChI=1S/C10H20O2.Sn.2H/c1-4-6-7-10(5-2)8-12-9(3)11;;;/h10H,4-8H2,1-3H3;;;. The van der Waals surface area contributed by atoms with Crippen molar-refractivity contribution in [2.75, 3.05) is 6.61 Å². The molecule has 0 aliphatic rings. The molecule has 0 bridgehead atoms. The van der Waals surface area contributed by atoms with Gasteiger partial charge in [0.05, 0.1) is 6.61 Å². The van der Waals surface area contributed by atoms with Gasteiger partial charge in [-0.25, -0.2) is 0 Å². The van der Waals surface area contributed by atoms with Gasteiger partial charge in [-0.2, -0.15) is 0 Å². The Bertz CT molecular complexity index is 126. The van der Waals surface area contributed by atoms with Gasteiger partial charge in [0, 0.05) is 6.92 Å². The normalized spacial score (nSPS) is 11.6. The number of esters is 1. The van der Waals surface area contributed by atoms with E-state index in [-0.39, 0.29) is 29.9 Å². The van der Waals surface area contributed by atoms with Gasteiger partial charge in [0.2, 0.25) is 0 Å². The summed E-state index contributed by atoms with van der Waals surface area (Å²) in [6, 6.07) is 0. The van der Waals surface area contributed by atoms with Crippen LogP contribution in [0.5, 0.6) is 0 Å². The predicted octanol–water partition coefficient (Wildman–Crippen LogP) is 1.85. The topological polar surface area (TPSA) is 26.3 Å². The molecule has 0 amide bonds. The third kappa shape index (κ3) is 10.2. The summed E-state index contributed by atoms with van der Waals surface area (Å²) in [4.78, 5) is 10.5. The van der Waals surface area contributed by atoms with Crippen LogP contribution in [0.3, 0.4) is 0 Å². The van der Waals surface area contributed by atoms with Crippen LogP contribution in [0, 0.1) is 5.92 Å². The molecule has 0 aromatic rings. The molecule has 13 heavy (non-hydrogen) atoms. The molecule has 0 aromatic carbocycles. The van der Waals surface area contributed by atoms with Gasteiger partial charge in [-0.05, 0) is 12.3 Å². The molecule has 0 heterocycles. The molecular formula is C10H22O2Sn. The Morgan fingerprint density at radius 3 is 2.38 bits per heavy atom. The first kappa shape index (κ1) is 15.7. The number of carbonyl (C=O) groups is 1. The van der Waals surface area contributed by atoms with Crippen molar-refractivity contribution in [2.24, 2.45) is 5.92 Å². The van der Waals surface area contributed by atoms with E-state index in [4.69, 9.17) is 4.74 Å². The van der Waals surface area contributed by atoms with Gasteiger partial charge in [0.1, 0.15) is 0 Å². The number of ether oxygens (including phenoxy) is 1. The van der Waals surface area contributed by atoms with Gasteiger partial charge in [-0.1, -0.05) is 33.1 Å². The summed E-state index contributed by atoms with van der Waals surface area (Å²) in [5.74, 6) is 0.402. The van der Waals surface area contributed by atoms with Crippen molar-refractivity contribution in [3.8, 4) is 0 Å². The van der Waals surface area contributed by atoms with Crippen LogP contribution in [0.2, 0.25) is 0 Å². The van der Waals surface area contributed by atoms with Crippen LogP contribution < -0.4 is 0 Å². The van der Waals surface area contributed by atoms with Crippen molar-refractivity contribution >= 4 is 29.9 Å². The summed E-state index contributed by atoms with van der Waals surface area (Å²) in [5.41, 5.74) is 0. The van der Waals surface area contributed by atoms with Gasteiger partial charge < -0.3 is 4.74 Å². The minimum absolute atomic E-state index is 0. The summed E-state index contributed by atoms with van der Waals surface area (Å²) in [5, 5.41) is 0. The number of hydrogen-bond acceptors (Lipinski definition) is 2. The number of carbonyl (C=O) groups excluding carboxylic acids is 1. The average molecular weight is 293 g/mol. The Hall–Kier alpha value is 0.269. The molecule has 2 radical (unpaired) electrons. The molecule has 0 aromatic heterocycles. The molecule has 1 unspecified atom stereocenters. The molecule has 0 fully saturated rings. The molecule has 0 saturated carbocycles. The van der Waals surface area contributed by atoms with Crippen molar-refractivity contribution in [2.45, 2.75) is 46.5 Å². The monoisotopic (exact) mass is 294 g/mol. The molecule has 0 aliphatic carbocycles. The fourth-order valence-corrected chi connectivity index (χ4v) is 1.13. The maximum absolute atomic E-state index is 10.5. The van der Waals surface area contributed by atoms with E-state index in [2.05, 4.69) is 13.8 Å². The summed E-state index contributed by atoms with van der Waals surface area (Å²) in [6.45, 7) is 6.39. The Balaban J connectivity index is 0. The van der Waals surface area contributed by atoms with Crippen LogP contribution in [0.1, 0.15) is 46.5 Å². The Morgan fingerprint density at radius 2 is 2.00 bits per heavy atom. The van der Waals surface area contributed by atoms with E-state index in [1.54, 1.807) is 0 Å². The number of rotatable bonds is 6. The summed E-state index contributed by atoms with van der Waals surface area (Å²) in [6.07, 6.45) is 4.74. The van der Waals surface area contributed by atoms with E-state index in [0.717, 1.165) is 6.42 Å². The first-order valence-corrected chi connectivity index (χ1v) is 4.84. The molecule has 0 N–H and O–H groups in total. The van der Waals surface area contributed by atoms with Crippen molar-refractivity contribution in [3.63, 3.8) is 0 Å². The number of hydrogen-bond donors (Lipinski definition) is 0. The molecule has 3 heteroatoms. The van der Waals surface area contributed by atoms with Crippen molar-refractivity contribution in [1.82, 2.24) is 0 Å². The molecule has 0 saturated heterocycles. The molecular weight excluding hydrogens is 271 g/mol. The van der Waals surface area contributed by atoms with Crippen molar-refractivity contribution in [3.05, 3.63) is 0 Å². The molecule has 1 atom stereocenters. The van der Waals surface area contributed by atoms with Crippen LogP contribution in [0.25, 0.3) is 0 Å². The van der Waals surface area contributed by atoms with E-state index in [1.165, 1.54) is 26.2 Å². The minimum atomic E-state index is -0.162. The first-order chi connectivity index (χ1) is 5.70. The second kappa shape index (κ2) is 10.4. The van der Waals surface area contributed by atoms with Gasteiger partial charge in [0.25, 0.3) is 0 Å². The third-order valence-electron chi connectivity index (χ3n) is 2.07. The summed E-state index contributed by atoms with van der Waals surface area (Å²) >= 11 is 0. The molecule has 0 rings (SSSR count). The SMILES string of the molecule is CCCCC(CC)COC(C)=O.[SnH2]. The van der Waals surface area contributed by atoms with E-state index in [1.807, 2.05) is 0 Å². The Kier molecular flexibility index (Phi) is 12.5. The van der Waals surface area contributed by atoms with Crippen LogP contribution in [-0.4, -0.2) is 36.5 Å². The third-order valence-corrected chi connectivity index (χ3v) is 2.07. The Morgan fingerprint density at radius 1 is 1.38 bits per heavy atom. The molecule has 78 valence electrons. The predicted molar refractivity (Wildman–Crippen MR) is 58.5 cm³/mol. The average Bonchev–Trinajstić information content (AvgIpc) is 2.05. The molecule has 0 spiro atoms. The maximum atomic E-state index is 10.5. The zero-order chi connectivity index (χ0) is 9.40. The quantitative estimate of drug-likeness (QED) is 0.552. The van der Waals surface area contributed by atoms with E-state index in [0.29, 0.717) is 12.5 Å². The summed E-state index contributed by atoms with van der Waals surface area (Å²) in [7, 11) is 0. The fraction of sp³-hybridized carbons (Fsp3) is 0.900.